The maximum Gasteiger partial charge on any atom is 0.411 e. The van der Waals surface area contributed by atoms with Gasteiger partial charge in [0.05, 0.1) is 16.8 Å². The van der Waals surface area contributed by atoms with Crippen LogP contribution in [0.3, 0.4) is 0 Å². The summed E-state index contributed by atoms with van der Waals surface area (Å²) in [5.41, 5.74) is 2.37. The second kappa shape index (κ2) is 15.9. The van der Waals surface area contributed by atoms with Crippen LogP contribution in [0.15, 0.2) is 73.2 Å². The third kappa shape index (κ3) is 8.64. The number of fused-ring (bicyclic) bond motifs is 7. The number of hydrogen-bond acceptors (Lipinski definition) is 12. The van der Waals surface area contributed by atoms with Crippen molar-refractivity contribution in [1.82, 2.24) is 19.9 Å². The molecule has 0 amide bonds. The zero-order chi connectivity index (χ0) is 38.7. The molecule has 55 heavy (non-hydrogen) atoms. The first-order chi connectivity index (χ1) is 26.4. The molecule has 1 atom stereocenters. The summed E-state index contributed by atoms with van der Waals surface area (Å²) in [5.74, 6) is -1.52. The van der Waals surface area contributed by atoms with Crippen LogP contribution in [-0.2, 0) is 29.2 Å². The van der Waals surface area contributed by atoms with E-state index in [1.54, 1.807) is 42.5 Å². The highest BCUT2D eigenvalue weighted by atomic mass is 35.5. The molecule has 18 heteroatoms. The molecular weight excluding hydrogens is 770 g/mol. The van der Waals surface area contributed by atoms with Gasteiger partial charge in [0.25, 0.3) is 0 Å². The van der Waals surface area contributed by atoms with Gasteiger partial charge in [-0.25, -0.2) is 29.1 Å². The molecule has 8 rings (SSSR count). The third-order valence-corrected chi connectivity index (χ3v) is 9.76. The molecule has 284 valence electrons. The van der Waals surface area contributed by atoms with Crippen LogP contribution in [0.5, 0.6) is 23.1 Å². The summed E-state index contributed by atoms with van der Waals surface area (Å²) in [6.45, 7) is -1.68. The fourth-order valence-corrected chi connectivity index (χ4v) is 7.16. The first-order valence-electron chi connectivity index (χ1n) is 16.5. The van der Waals surface area contributed by atoms with Crippen LogP contribution in [0.1, 0.15) is 17.1 Å². The van der Waals surface area contributed by atoms with Crippen molar-refractivity contribution >= 4 is 44.8 Å². The molecule has 3 aromatic carbocycles. The minimum absolute atomic E-state index is 0.0161. The highest BCUT2D eigenvalue weighted by Gasteiger charge is 2.30. The van der Waals surface area contributed by atoms with Crippen molar-refractivity contribution in [3.63, 3.8) is 0 Å². The quantitative estimate of drug-likeness (QED) is 0.128. The molecule has 0 radical (unpaired) electrons. The van der Waals surface area contributed by atoms with E-state index < -0.39 is 37.3 Å². The monoisotopic (exact) mass is 797 g/mol. The van der Waals surface area contributed by atoms with E-state index in [1.165, 1.54) is 42.1 Å². The number of carboxylic acids is 1. The van der Waals surface area contributed by atoms with E-state index in [4.69, 9.17) is 25.8 Å². The van der Waals surface area contributed by atoms with Crippen LogP contribution in [0, 0.1) is 5.82 Å². The molecular formula is C37H28ClF4N5O7S. The number of aromatic hydroxyl groups is 1. The van der Waals surface area contributed by atoms with E-state index in [-0.39, 0.29) is 60.0 Å². The Balaban J connectivity index is 1.27. The van der Waals surface area contributed by atoms with Crippen molar-refractivity contribution in [2.75, 3.05) is 25.1 Å². The minimum atomic E-state index is -4.50. The predicted molar refractivity (Wildman–Crippen MR) is 193 cm³/mol. The van der Waals surface area contributed by atoms with Crippen molar-refractivity contribution in [3.05, 3.63) is 101 Å². The highest BCUT2D eigenvalue weighted by molar-refractivity contribution is 7.22. The molecule has 6 aromatic rings. The van der Waals surface area contributed by atoms with Gasteiger partial charge in [0.1, 0.15) is 65.7 Å². The maximum absolute atomic E-state index is 14.0. The summed E-state index contributed by atoms with van der Waals surface area (Å²) in [4.78, 5) is 30.7. The second-order valence-corrected chi connectivity index (χ2v) is 13.4. The predicted octanol–water partition coefficient (Wildman–Crippen LogP) is 7.85. The van der Waals surface area contributed by atoms with Crippen LogP contribution in [-0.4, -0.2) is 68.2 Å². The number of carbonyl (C=O) groups is 1. The van der Waals surface area contributed by atoms with E-state index in [1.807, 2.05) is 0 Å². The fourth-order valence-electron chi connectivity index (χ4n) is 5.78. The Morgan fingerprint density at radius 3 is 2.65 bits per heavy atom. The number of carboxylic acid groups (broad SMARTS) is 1. The summed E-state index contributed by atoms with van der Waals surface area (Å²) in [6, 6.07) is 15.4. The summed E-state index contributed by atoms with van der Waals surface area (Å²) in [7, 11) is 0. The molecule has 0 saturated carbocycles. The van der Waals surface area contributed by atoms with Crippen LogP contribution in [0.4, 0.5) is 23.2 Å². The summed E-state index contributed by atoms with van der Waals surface area (Å²) < 4.78 is 74.5. The Kier molecular flexibility index (Phi) is 10.9. The molecule has 3 N–H and O–H groups in total. The standard InChI is InChI=1S/C37H28ClF4N5O7S/c38-31-25-7-6-24(32(31)48)29-30-34(45-18-46-35(30)55-33(29)19-1-3-21(39)4-2-19)54-27(36(49)50)14-20-13-23(52-12-11-43-25)5-8-26(20)53-15-22-9-10-44-28(47-22)16-51-17-37(40,41)42/h1-10,13,18,27,43,48H,11-12,14-17H2,(H,49,50)/t27-/m1/s1. The Morgan fingerprint density at radius 2 is 1.87 bits per heavy atom. The molecule has 5 heterocycles. The average molecular weight is 798 g/mol. The van der Waals surface area contributed by atoms with Crippen LogP contribution >= 0.6 is 22.9 Å². The van der Waals surface area contributed by atoms with Gasteiger partial charge in [-0.3, -0.25) is 0 Å². The molecule has 4 bridgehead atoms. The summed E-state index contributed by atoms with van der Waals surface area (Å²) >= 11 is 7.89. The van der Waals surface area contributed by atoms with Crippen molar-refractivity contribution < 1.29 is 51.5 Å². The van der Waals surface area contributed by atoms with Gasteiger partial charge >= 0.3 is 12.1 Å². The largest absolute Gasteiger partial charge is 0.506 e. The zero-order valence-electron chi connectivity index (χ0n) is 28.3. The van der Waals surface area contributed by atoms with Gasteiger partial charge in [0, 0.05) is 40.7 Å². The number of nitrogens with one attached hydrogen (secondary N) is 1. The first kappa shape index (κ1) is 37.5. The number of nitrogens with zero attached hydrogens (tertiary/aromatic N) is 4. The Morgan fingerprint density at radius 1 is 1.05 bits per heavy atom. The number of benzene rings is 3. The lowest BCUT2D eigenvalue weighted by atomic mass is 9.98. The Bertz CT molecular complexity index is 2360. The minimum Gasteiger partial charge on any atom is -0.506 e. The van der Waals surface area contributed by atoms with E-state index >= 15 is 0 Å². The number of phenols is 1. The molecule has 3 aromatic heterocycles. The normalized spacial score (nSPS) is 14.5. The van der Waals surface area contributed by atoms with Gasteiger partial charge in [-0.05, 0) is 54.1 Å². The van der Waals surface area contributed by atoms with E-state index in [0.717, 1.165) is 0 Å². The van der Waals surface area contributed by atoms with Crippen LogP contribution < -0.4 is 19.5 Å². The molecule has 2 aliphatic heterocycles. The number of anilines is 1. The van der Waals surface area contributed by atoms with Crippen molar-refractivity contribution in [3.8, 4) is 44.7 Å². The molecule has 12 nitrogen and oxygen atoms in total. The molecule has 0 aliphatic carbocycles. The van der Waals surface area contributed by atoms with Gasteiger partial charge in [0.2, 0.25) is 12.0 Å². The summed E-state index contributed by atoms with van der Waals surface area (Å²) in [5, 5.41) is 25.4. The molecule has 0 fully saturated rings. The lowest BCUT2D eigenvalue weighted by Crippen LogP contribution is -2.30. The highest BCUT2D eigenvalue weighted by Crippen LogP contribution is 2.51. The van der Waals surface area contributed by atoms with Gasteiger partial charge < -0.3 is 34.5 Å². The second-order valence-electron chi connectivity index (χ2n) is 12.0. The SMILES string of the molecule is O=C(O)[C@H]1Cc2cc(ccc2OCc2ccnc(COCC(F)(F)F)n2)OCCNc2ccc(c(O)c2Cl)-c2c(-c3ccc(F)cc3)sc3ncnc(c23)O1. The number of halogens is 5. The average Bonchev–Trinajstić information content (AvgIpc) is 3.54. The number of phenolic OH excluding ortho intramolecular Hbond substituents is 1. The topological polar surface area (TPSA) is 158 Å². The maximum atomic E-state index is 14.0. The van der Waals surface area contributed by atoms with Gasteiger partial charge in [0.15, 0.2) is 5.82 Å². The number of thiophene rings is 1. The number of aromatic nitrogens is 4. The smallest absolute Gasteiger partial charge is 0.411 e. The number of alkyl halides is 3. The van der Waals surface area contributed by atoms with Crippen molar-refractivity contribution in [2.24, 2.45) is 0 Å². The zero-order valence-corrected chi connectivity index (χ0v) is 29.8. The lowest BCUT2D eigenvalue weighted by Gasteiger charge is -2.19. The number of rotatable bonds is 8. The van der Waals surface area contributed by atoms with Crippen molar-refractivity contribution in [2.45, 2.75) is 31.9 Å². The number of ether oxygens (including phenoxy) is 4. The van der Waals surface area contributed by atoms with Crippen molar-refractivity contribution in [1.29, 1.82) is 0 Å². The molecule has 0 unspecified atom stereocenters. The van der Waals surface area contributed by atoms with Crippen LogP contribution in [0.25, 0.3) is 31.8 Å². The molecule has 0 spiro atoms. The number of aliphatic carboxylic acids is 1. The fraction of sp³-hybridized carbons (Fsp3) is 0.216. The van der Waals surface area contributed by atoms with E-state index in [9.17, 15) is 32.6 Å². The van der Waals surface area contributed by atoms with E-state index in [2.05, 4.69) is 30.0 Å². The third-order valence-electron chi connectivity index (χ3n) is 8.23. The number of hydrogen-bond donors (Lipinski definition) is 3. The molecule has 0 saturated heterocycles. The van der Waals surface area contributed by atoms with Gasteiger partial charge in [-0.1, -0.05) is 23.7 Å². The molecule has 2 aliphatic rings. The van der Waals surface area contributed by atoms with Gasteiger partial charge in [-0.2, -0.15) is 13.2 Å². The van der Waals surface area contributed by atoms with Gasteiger partial charge in [-0.15, -0.1) is 11.3 Å². The van der Waals surface area contributed by atoms with E-state index in [0.29, 0.717) is 48.9 Å². The Hall–Kier alpha value is -5.78. The summed E-state index contributed by atoms with van der Waals surface area (Å²) in [6.07, 6.45) is -3.72. The van der Waals surface area contributed by atoms with Crippen LogP contribution in [0.2, 0.25) is 5.02 Å². The Labute approximate surface area is 318 Å². The lowest BCUT2D eigenvalue weighted by molar-refractivity contribution is -0.177. The first-order valence-corrected chi connectivity index (χ1v) is 17.7.